The highest BCUT2D eigenvalue weighted by molar-refractivity contribution is 9.10. The molecule has 0 saturated carbocycles. The van der Waals surface area contributed by atoms with Crippen LogP contribution in [0.3, 0.4) is 0 Å². The van der Waals surface area contributed by atoms with Crippen molar-refractivity contribution >= 4 is 27.5 Å². The molecule has 2 rings (SSSR count). The Labute approximate surface area is 127 Å². The molecule has 19 heavy (non-hydrogen) atoms. The summed E-state index contributed by atoms with van der Waals surface area (Å²) in [4.78, 5) is 0. The van der Waals surface area contributed by atoms with Gasteiger partial charge in [-0.05, 0) is 53.0 Å². The fraction of sp³-hybridized carbons (Fsp3) is 0.250. The van der Waals surface area contributed by atoms with Gasteiger partial charge in [-0.15, -0.1) is 11.6 Å². The smallest absolute Gasteiger partial charge is 0.133 e. The molecule has 0 aromatic heterocycles. The maximum Gasteiger partial charge on any atom is 0.133 e. The number of rotatable bonds is 4. The minimum atomic E-state index is -0.146. The van der Waals surface area contributed by atoms with E-state index in [0.29, 0.717) is 6.61 Å². The summed E-state index contributed by atoms with van der Waals surface area (Å²) in [7, 11) is 0. The molecule has 0 radical (unpaired) electrons. The van der Waals surface area contributed by atoms with Crippen molar-refractivity contribution < 1.29 is 4.74 Å². The number of ether oxygens (including phenoxy) is 1. The molecule has 0 heterocycles. The largest absolute Gasteiger partial charge is 0.493 e. The van der Waals surface area contributed by atoms with Crippen LogP contribution < -0.4 is 4.74 Å². The Balaban J connectivity index is 2.29. The summed E-state index contributed by atoms with van der Waals surface area (Å²) in [5.74, 6) is 0.847. The van der Waals surface area contributed by atoms with Gasteiger partial charge in [0.25, 0.3) is 0 Å². The first kappa shape index (κ1) is 14.4. The van der Waals surface area contributed by atoms with Crippen LogP contribution in [0, 0.1) is 6.92 Å². The van der Waals surface area contributed by atoms with Crippen LogP contribution in [-0.2, 0) is 0 Å². The van der Waals surface area contributed by atoms with Crippen LogP contribution in [0.15, 0.2) is 46.9 Å². The zero-order valence-corrected chi connectivity index (χ0v) is 13.3. The number of alkyl halides is 1. The number of hydrogen-bond acceptors (Lipinski definition) is 1. The molecule has 0 saturated heterocycles. The number of benzene rings is 2. The third-order valence-electron chi connectivity index (χ3n) is 2.88. The summed E-state index contributed by atoms with van der Waals surface area (Å²) in [6.45, 7) is 4.69. The molecular formula is C16H16BrClO. The highest BCUT2D eigenvalue weighted by atomic mass is 79.9. The van der Waals surface area contributed by atoms with Gasteiger partial charge in [0.2, 0.25) is 0 Å². The Morgan fingerprint density at radius 3 is 2.53 bits per heavy atom. The van der Waals surface area contributed by atoms with Crippen molar-refractivity contribution in [2.75, 3.05) is 6.61 Å². The van der Waals surface area contributed by atoms with Gasteiger partial charge in [-0.2, -0.15) is 0 Å². The Morgan fingerprint density at radius 1 is 1.16 bits per heavy atom. The zero-order chi connectivity index (χ0) is 13.8. The van der Waals surface area contributed by atoms with Crippen molar-refractivity contribution in [2.45, 2.75) is 19.2 Å². The minimum Gasteiger partial charge on any atom is -0.493 e. The predicted molar refractivity (Wildman–Crippen MR) is 84.2 cm³/mol. The highest BCUT2D eigenvalue weighted by Gasteiger charge is 2.12. The maximum absolute atomic E-state index is 6.54. The minimum absolute atomic E-state index is 0.146. The topological polar surface area (TPSA) is 9.23 Å². The quantitative estimate of drug-likeness (QED) is 0.670. The Hall–Kier alpha value is -0.990. The first-order valence-corrected chi connectivity index (χ1v) is 7.47. The lowest BCUT2D eigenvalue weighted by Gasteiger charge is -2.13. The first-order valence-electron chi connectivity index (χ1n) is 6.24. The van der Waals surface area contributed by atoms with Crippen LogP contribution in [0.4, 0.5) is 0 Å². The molecule has 0 N–H and O–H groups in total. The summed E-state index contributed by atoms with van der Waals surface area (Å²) in [5.41, 5.74) is 3.38. The van der Waals surface area contributed by atoms with Crippen molar-refractivity contribution in [1.82, 2.24) is 0 Å². The molecule has 0 amide bonds. The van der Waals surface area contributed by atoms with Gasteiger partial charge < -0.3 is 4.74 Å². The SMILES string of the molecule is CCOc1ccc(C(Cl)c2cccc(C)c2)cc1Br. The molecule has 1 nitrogen and oxygen atoms in total. The lowest BCUT2D eigenvalue weighted by atomic mass is 10.0. The molecule has 3 heteroatoms. The van der Waals surface area contributed by atoms with E-state index in [4.69, 9.17) is 16.3 Å². The Kier molecular flexibility index (Phi) is 4.89. The molecule has 1 atom stereocenters. The van der Waals surface area contributed by atoms with Crippen LogP contribution in [0.1, 0.15) is 29.0 Å². The fourth-order valence-electron chi connectivity index (χ4n) is 1.97. The third-order valence-corrected chi connectivity index (χ3v) is 4.01. The van der Waals surface area contributed by atoms with E-state index in [2.05, 4.69) is 41.1 Å². The molecule has 0 bridgehead atoms. The Bertz CT molecular complexity index is 568. The number of hydrogen-bond donors (Lipinski definition) is 0. The van der Waals surface area contributed by atoms with E-state index in [0.717, 1.165) is 21.3 Å². The summed E-state index contributed by atoms with van der Waals surface area (Å²) in [6, 6.07) is 14.2. The van der Waals surface area contributed by atoms with Crippen LogP contribution >= 0.6 is 27.5 Å². The summed E-state index contributed by atoms with van der Waals surface area (Å²) in [6.07, 6.45) is 0. The molecule has 100 valence electrons. The van der Waals surface area contributed by atoms with Crippen LogP contribution in [-0.4, -0.2) is 6.61 Å². The van der Waals surface area contributed by atoms with E-state index >= 15 is 0 Å². The van der Waals surface area contributed by atoms with Crippen LogP contribution in [0.5, 0.6) is 5.75 Å². The van der Waals surface area contributed by atoms with Gasteiger partial charge >= 0.3 is 0 Å². The van der Waals surface area contributed by atoms with Crippen LogP contribution in [0.25, 0.3) is 0 Å². The summed E-state index contributed by atoms with van der Waals surface area (Å²) >= 11 is 10.1. The van der Waals surface area contributed by atoms with Crippen LogP contribution in [0.2, 0.25) is 0 Å². The van der Waals surface area contributed by atoms with Crippen molar-refractivity contribution in [3.63, 3.8) is 0 Å². The second kappa shape index (κ2) is 6.44. The normalized spacial score (nSPS) is 12.2. The zero-order valence-electron chi connectivity index (χ0n) is 11.0. The molecule has 0 aliphatic rings. The van der Waals surface area contributed by atoms with Crippen molar-refractivity contribution in [3.8, 4) is 5.75 Å². The van der Waals surface area contributed by atoms with Crippen molar-refractivity contribution in [2.24, 2.45) is 0 Å². The van der Waals surface area contributed by atoms with E-state index in [-0.39, 0.29) is 5.38 Å². The lowest BCUT2D eigenvalue weighted by molar-refractivity contribution is 0.338. The first-order chi connectivity index (χ1) is 9.11. The summed E-state index contributed by atoms with van der Waals surface area (Å²) in [5, 5.41) is -0.146. The average molecular weight is 340 g/mol. The average Bonchev–Trinajstić information content (AvgIpc) is 2.40. The predicted octanol–water partition coefficient (Wildman–Crippen LogP) is 5.48. The molecule has 0 spiro atoms. The van der Waals surface area contributed by atoms with Gasteiger partial charge in [0.1, 0.15) is 5.75 Å². The van der Waals surface area contributed by atoms with Gasteiger partial charge in [0, 0.05) is 0 Å². The fourth-order valence-corrected chi connectivity index (χ4v) is 2.75. The number of aryl methyl sites for hydroxylation is 1. The van der Waals surface area contributed by atoms with E-state index < -0.39 is 0 Å². The molecule has 0 aliphatic heterocycles. The van der Waals surface area contributed by atoms with Gasteiger partial charge in [-0.1, -0.05) is 35.9 Å². The molecule has 0 aliphatic carbocycles. The standard InChI is InChI=1S/C16H16BrClO/c1-3-19-15-8-7-13(10-14(15)17)16(18)12-6-4-5-11(2)9-12/h4-10,16H,3H2,1-2H3. The molecule has 2 aromatic carbocycles. The van der Waals surface area contributed by atoms with Crippen molar-refractivity contribution in [3.05, 3.63) is 63.6 Å². The molecule has 2 aromatic rings. The maximum atomic E-state index is 6.54. The van der Waals surface area contributed by atoms with E-state index in [1.54, 1.807) is 0 Å². The molecule has 1 unspecified atom stereocenters. The van der Waals surface area contributed by atoms with Gasteiger partial charge in [-0.3, -0.25) is 0 Å². The van der Waals surface area contributed by atoms with Gasteiger partial charge in [0.05, 0.1) is 16.5 Å². The highest BCUT2D eigenvalue weighted by Crippen LogP contribution is 2.34. The third kappa shape index (κ3) is 3.52. The molecular weight excluding hydrogens is 324 g/mol. The number of halogens is 2. The van der Waals surface area contributed by atoms with Gasteiger partial charge in [0.15, 0.2) is 0 Å². The van der Waals surface area contributed by atoms with Crippen molar-refractivity contribution in [1.29, 1.82) is 0 Å². The van der Waals surface area contributed by atoms with Gasteiger partial charge in [-0.25, -0.2) is 0 Å². The van der Waals surface area contributed by atoms with E-state index in [1.807, 2.05) is 31.2 Å². The molecule has 0 fully saturated rings. The van der Waals surface area contributed by atoms with E-state index in [1.165, 1.54) is 5.56 Å². The lowest BCUT2D eigenvalue weighted by Crippen LogP contribution is -1.96. The second-order valence-electron chi connectivity index (χ2n) is 4.40. The monoisotopic (exact) mass is 338 g/mol. The Morgan fingerprint density at radius 2 is 1.89 bits per heavy atom. The van der Waals surface area contributed by atoms with E-state index in [9.17, 15) is 0 Å². The summed E-state index contributed by atoms with van der Waals surface area (Å²) < 4.78 is 6.44. The second-order valence-corrected chi connectivity index (χ2v) is 5.69.